The summed E-state index contributed by atoms with van der Waals surface area (Å²) in [7, 11) is 0. The minimum Gasteiger partial charge on any atom is -0.310 e. The monoisotopic (exact) mass is 419 g/mol. The van der Waals surface area contributed by atoms with Crippen molar-refractivity contribution in [2.24, 2.45) is 0 Å². The van der Waals surface area contributed by atoms with E-state index in [-0.39, 0.29) is 12.1 Å². The lowest BCUT2D eigenvalue weighted by Gasteiger charge is -2.41. The Labute approximate surface area is 193 Å². The predicted octanol–water partition coefficient (Wildman–Crippen LogP) is 5.41. The van der Waals surface area contributed by atoms with Crippen LogP contribution in [0.15, 0.2) is 97.1 Å². The van der Waals surface area contributed by atoms with Crippen molar-refractivity contribution in [2.75, 3.05) is 0 Å². The third-order valence-corrected chi connectivity index (χ3v) is 8.26. The van der Waals surface area contributed by atoms with Crippen molar-refractivity contribution in [1.29, 1.82) is 0 Å². The minimum absolute atomic E-state index is 0.0417. The summed E-state index contributed by atoms with van der Waals surface area (Å²) in [5.41, 5.74) is 11.3. The summed E-state index contributed by atoms with van der Waals surface area (Å²) >= 11 is 0. The van der Waals surface area contributed by atoms with E-state index in [1.807, 2.05) is 0 Å². The molecule has 2 aliphatic rings. The quantitative estimate of drug-likeness (QED) is 0.290. The van der Waals surface area contributed by atoms with E-state index in [1.165, 1.54) is 65.8 Å². The van der Waals surface area contributed by atoms with Gasteiger partial charge in [0.1, 0.15) is 0 Å². The van der Waals surface area contributed by atoms with Crippen LogP contribution in [0.5, 0.6) is 0 Å². The van der Waals surface area contributed by atoms with Crippen molar-refractivity contribution < 1.29 is 0 Å². The normalized spacial score (nSPS) is 15.2. The molecule has 3 heterocycles. The zero-order valence-corrected chi connectivity index (χ0v) is 18.8. The summed E-state index contributed by atoms with van der Waals surface area (Å²) in [6.45, 7) is 5.03. The standard InChI is InChI=1S/C31H22BN/c1-31(2)23-12-6-7-13-25(23)32-28-20-10-4-3-9-19(20)15-18-27(28)33-26-14-8-5-11-21(26)22-16-17-24(31)29(32)30(22)33/h3-18H,1-2H3. The summed E-state index contributed by atoms with van der Waals surface area (Å²) in [5.74, 6) is 0. The Morgan fingerprint density at radius 3 is 2.27 bits per heavy atom. The van der Waals surface area contributed by atoms with Crippen LogP contribution in [-0.4, -0.2) is 11.3 Å². The average Bonchev–Trinajstić information content (AvgIpc) is 3.19. The molecule has 8 rings (SSSR count). The van der Waals surface area contributed by atoms with Gasteiger partial charge in [-0.2, -0.15) is 0 Å². The number of hydrogen-bond donors (Lipinski definition) is 0. The minimum atomic E-state index is -0.0417. The van der Waals surface area contributed by atoms with Gasteiger partial charge in [-0.1, -0.05) is 104 Å². The van der Waals surface area contributed by atoms with Crippen molar-refractivity contribution in [3.05, 3.63) is 108 Å². The van der Waals surface area contributed by atoms with Crippen LogP contribution in [-0.2, 0) is 5.41 Å². The molecule has 0 fully saturated rings. The van der Waals surface area contributed by atoms with Crippen LogP contribution in [0, 0.1) is 0 Å². The molecule has 1 nitrogen and oxygen atoms in total. The lowest BCUT2D eigenvalue weighted by Crippen LogP contribution is -2.63. The van der Waals surface area contributed by atoms with Crippen molar-refractivity contribution in [2.45, 2.75) is 19.3 Å². The Morgan fingerprint density at radius 2 is 1.36 bits per heavy atom. The zero-order valence-electron chi connectivity index (χ0n) is 18.8. The van der Waals surface area contributed by atoms with Crippen LogP contribution < -0.4 is 16.4 Å². The molecule has 0 saturated carbocycles. The molecule has 0 bridgehead atoms. The van der Waals surface area contributed by atoms with Gasteiger partial charge in [-0.25, -0.2) is 0 Å². The van der Waals surface area contributed by atoms with Gasteiger partial charge in [0.15, 0.2) is 0 Å². The first-order valence-corrected chi connectivity index (χ1v) is 11.8. The fourth-order valence-corrected chi connectivity index (χ4v) is 6.87. The molecule has 0 saturated heterocycles. The first kappa shape index (κ1) is 17.7. The molecule has 6 aromatic rings. The SMILES string of the molecule is CC1(C)c2ccccc2B2c3c(ccc4ccccc34)-n3c4ccccc4c4ccc1c2c43. The topological polar surface area (TPSA) is 4.93 Å². The molecule has 2 aliphatic heterocycles. The van der Waals surface area contributed by atoms with Gasteiger partial charge in [-0.15, -0.1) is 0 Å². The first-order chi connectivity index (χ1) is 16.2. The second-order valence-electron chi connectivity index (χ2n) is 10.1. The molecule has 5 aromatic carbocycles. The molecule has 0 spiro atoms. The molecule has 2 heteroatoms. The van der Waals surface area contributed by atoms with Crippen LogP contribution in [0.1, 0.15) is 25.0 Å². The van der Waals surface area contributed by atoms with E-state index < -0.39 is 0 Å². The van der Waals surface area contributed by atoms with Gasteiger partial charge in [0, 0.05) is 27.4 Å². The molecule has 0 unspecified atom stereocenters. The number of rotatable bonds is 0. The van der Waals surface area contributed by atoms with Gasteiger partial charge in [0.2, 0.25) is 6.71 Å². The summed E-state index contributed by atoms with van der Waals surface area (Å²) < 4.78 is 2.55. The summed E-state index contributed by atoms with van der Waals surface area (Å²) in [6.07, 6.45) is 0. The van der Waals surface area contributed by atoms with Gasteiger partial charge in [-0.3, -0.25) is 0 Å². The highest BCUT2D eigenvalue weighted by Crippen LogP contribution is 2.41. The van der Waals surface area contributed by atoms with Gasteiger partial charge in [0.25, 0.3) is 0 Å². The number of benzene rings is 5. The fraction of sp³-hybridized carbons (Fsp3) is 0.0968. The zero-order chi connectivity index (χ0) is 21.9. The maximum absolute atomic E-state index is 2.55. The highest BCUT2D eigenvalue weighted by atomic mass is 15.0. The summed E-state index contributed by atoms with van der Waals surface area (Å²) in [5, 5.41) is 5.38. The molecule has 154 valence electrons. The lowest BCUT2D eigenvalue weighted by atomic mass is 9.30. The summed E-state index contributed by atoms with van der Waals surface area (Å²) in [4.78, 5) is 0. The Balaban J connectivity index is 1.70. The molecule has 0 amide bonds. The van der Waals surface area contributed by atoms with Crippen molar-refractivity contribution in [3.8, 4) is 5.69 Å². The van der Waals surface area contributed by atoms with E-state index in [0.717, 1.165) is 0 Å². The molecular formula is C31H22BN. The first-order valence-electron chi connectivity index (χ1n) is 11.8. The second-order valence-corrected chi connectivity index (χ2v) is 10.1. The second kappa shape index (κ2) is 5.77. The molecule has 0 radical (unpaired) electrons. The van der Waals surface area contributed by atoms with Crippen molar-refractivity contribution >= 4 is 55.7 Å². The van der Waals surface area contributed by atoms with Crippen LogP contribution in [0.3, 0.4) is 0 Å². The molecule has 0 atom stereocenters. The van der Waals surface area contributed by atoms with Gasteiger partial charge >= 0.3 is 0 Å². The number of nitrogens with zero attached hydrogens (tertiary/aromatic N) is 1. The Bertz CT molecular complexity index is 1800. The highest BCUT2D eigenvalue weighted by molar-refractivity contribution is 7.00. The number of fused-ring (bicyclic) bond motifs is 10. The van der Waals surface area contributed by atoms with Gasteiger partial charge in [0.05, 0.1) is 5.52 Å². The van der Waals surface area contributed by atoms with Crippen LogP contribution in [0.25, 0.3) is 38.3 Å². The molecular weight excluding hydrogens is 397 g/mol. The van der Waals surface area contributed by atoms with E-state index in [2.05, 4.69) is 115 Å². The summed E-state index contributed by atoms with van der Waals surface area (Å²) in [6, 6.07) is 36.4. The smallest absolute Gasteiger partial charge is 0.248 e. The Morgan fingerprint density at radius 1 is 0.606 bits per heavy atom. The molecule has 1 aromatic heterocycles. The van der Waals surface area contributed by atoms with E-state index in [4.69, 9.17) is 0 Å². The van der Waals surface area contributed by atoms with Crippen molar-refractivity contribution in [3.63, 3.8) is 0 Å². The number of aromatic nitrogens is 1. The van der Waals surface area contributed by atoms with Crippen LogP contribution in [0.2, 0.25) is 0 Å². The highest BCUT2D eigenvalue weighted by Gasteiger charge is 2.45. The number of hydrogen-bond acceptors (Lipinski definition) is 0. The van der Waals surface area contributed by atoms with Crippen LogP contribution in [0.4, 0.5) is 0 Å². The number of para-hydroxylation sites is 1. The van der Waals surface area contributed by atoms with E-state index >= 15 is 0 Å². The maximum atomic E-state index is 2.55. The largest absolute Gasteiger partial charge is 0.310 e. The molecule has 0 N–H and O–H groups in total. The van der Waals surface area contributed by atoms with E-state index in [0.29, 0.717) is 0 Å². The fourth-order valence-electron chi connectivity index (χ4n) is 6.87. The maximum Gasteiger partial charge on any atom is 0.248 e. The van der Waals surface area contributed by atoms with E-state index in [1.54, 1.807) is 0 Å². The third-order valence-electron chi connectivity index (χ3n) is 8.26. The lowest BCUT2D eigenvalue weighted by molar-refractivity contribution is 0.646. The van der Waals surface area contributed by atoms with Crippen molar-refractivity contribution in [1.82, 2.24) is 4.57 Å². The Hall–Kier alpha value is -3.78. The Kier molecular flexibility index (Phi) is 3.10. The average molecular weight is 419 g/mol. The van der Waals surface area contributed by atoms with Crippen LogP contribution >= 0.6 is 0 Å². The predicted molar refractivity (Wildman–Crippen MR) is 142 cm³/mol. The molecule has 0 aliphatic carbocycles. The van der Waals surface area contributed by atoms with Gasteiger partial charge in [-0.05, 0) is 45.0 Å². The van der Waals surface area contributed by atoms with Gasteiger partial charge < -0.3 is 4.57 Å². The van der Waals surface area contributed by atoms with E-state index in [9.17, 15) is 0 Å². The molecule has 33 heavy (non-hydrogen) atoms. The third kappa shape index (κ3) is 1.97.